The fourth-order valence-electron chi connectivity index (χ4n) is 3.97. The maximum absolute atomic E-state index is 11.2. The molecule has 0 saturated heterocycles. The number of carboxylic acid groups (broad SMARTS) is 1. The van der Waals surface area contributed by atoms with Gasteiger partial charge in [0.2, 0.25) is 5.84 Å². The van der Waals surface area contributed by atoms with Crippen LogP contribution in [0, 0.1) is 0 Å². The lowest BCUT2D eigenvalue weighted by molar-refractivity contribution is -0.778. The molecule has 3 N–H and O–H groups in total. The number of carboxylic acids is 1. The summed E-state index contributed by atoms with van der Waals surface area (Å²) in [5, 5.41) is 9.23. The molecule has 5 nitrogen and oxygen atoms in total. The summed E-state index contributed by atoms with van der Waals surface area (Å²) < 4.78 is 0.305. The van der Waals surface area contributed by atoms with Crippen molar-refractivity contribution < 1.29 is 14.4 Å². The number of allylic oxidation sites excluding steroid dienone is 1. The molecule has 0 spiro atoms. The lowest BCUT2D eigenvalue weighted by Gasteiger charge is -2.30. The van der Waals surface area contributed by atoms with Crippen molar-refractivity contribution in [1.82, 2.24) is 0 Å². The van der Waals surface area contributed by atoms with Crippen molar-refractivity contribution in [2.24, 2.45) is 10.7 Å². The fourth-order valence-corrected chi connectivity index (χ4v) is 3.97. The van der Waals surface area contributed by atoms with Crippen LogP contribution >= 0.6 is 0 Å². The molecule has 0 aromatic rings. The molecule has 1 atom stereocenters. The second kappa shape index (κ2) is 15.5. The molecular formula is C23H42N3O2+. The molecule has 1 aliphatic rings. The molecule has 0 radical (unpaired) electrons. The van der Waals surface area contributed by atoms with Gasteiger partial charge >= 0.3 is 5.97 Å². The standard InChI is InChI=1S/C23H41N3O2/c1-2-3-4-5-6-7-8-9-10-11-12-13-14-15-16-22-25-18-20-26(22,19-17-24)21-23(27)28/h2,18,20H,1,3-17,19,21,24H2/p+1. The Morgan fingerprint density at radius 3 is 2.04 bits per heavy atom. The van der Waals surface area contributed by atoms with Gasteiger partial charge in [0.15, 0.2) is 6.54 Å². The predicted octanol–water partition coefficient (Wildman–Crippen LogP) is 5.38. The van der Waals surface area contributed by atoms with Crippen LogP contribution in [0.3, 0.4) is 0 Å². The smallest absolute Gasteiger partial charge is 0.360 e. The van der Waals surface area contributed by atoms with Gasteiger partial charge in [-0.3, -0.25) is 0 Å². The Morgan fingerprint density at radius 1 is 1.00 bits per heavy atom. The van der Waals surface area contributed by atoms with E-state index < -0.39 is 5.97 Å². The summed E-state index contributed by atoms with van der Waals surface area (Å²) in [6.07, 6.45) is 23.4. The Bertz CT molecular complexity index is 502. The van der Waals surface area contributed by atoms with Crippen LogP contribution in [0.1, 0.15) is 89.9 Å². The minimum atomic E-state index is -0.801. The molecule has 0 bridgehead atoms. The van der Waals surface area contributed by atoms with E-state index in [1.54, 1.807) is 6.20 Å². The van der Waals surface area contributed by atoms with Crippen molar-refractivity contribution in [3.05, 3.63) is 25.1 Å². The van der Waals surface area contributed by atoms with Crippen molar-refractivity contribution in [2.45, 2.75) is 89.9 Å². The first-order valence-electron chi connectivity index (χ1n) is 11.3. The van der Waals surface area contributed by atoms with Crippen LogP contribution in [0.4, 0.5) is 0 Å². The first-order chi connectivity index (χ1) is 13.6. The van der Waals surface area contributed by atoms with Crippen molar-refractivity contribution in [3.8, 4) is 0 Å². The summed E-state index contributed by atoms with van der Waals surface area (Å²) >= 11 is 0. The van der Waals surface area contributed by atoms with E-state index in [2.05, 4.69) is 11.6 Å². The highest BCUT2D eigenvalue weighted by atomic mass is 16.4. The van der Waals surface area contributed by atoms with Crippen LogP contribution in [0.5, 0.6) is 0 Å². The number of quaternary nitrogens is 1. The number of rotatable bonds is 19. The number of nitrogens with zero attached hydrogens (tertiary/aromatic N) is 2. The summed E-state index contributed by atoms with van der Waals surface area (Å²) in [6, 6.07) is 0. The average molecular weight is 393 g/mol. The van der Waals surface area contributed by atoms with E-state index in [1.165, 1.54) is 70.6 Å². The normalized spacial score (nSPS) is 18.4. The molecule has 0 aromatic carbocycles. The van der Waals surface area contributed by atoms with Crippen LogP contribution in [-0.4, -0.2) is 41.0 Å². The highest BCUT2D eigenvalue weighted by Crippen LogP contribution is 2.21. The van der Waals surface area contributed by atoms with Gasteiger partial charge in [-0.05, 0) is 19.3 Å². The summed E-state index contributed by atoms with van der Waals surface area (Å²) in [5.41, 5.74) is 5.71. The van der Waals surface area contributed by atoms with E-state index in [9.17, 15) is 9.90 Å². The lowest BCUT2D eigenvalue weighted by Crippen LogP contribution is -2.52. The molecular weight excluding hydrogens is 350 g/mol. The van der Waals surface area contributed by atoms with Gasteiger partial charge in [0.1, 0.15) is 12.7 Å². The lowest BCUT2D eigenvalue weighted by atomic mass is 10.0. The third-order valence-electron chi connectivity index (χ3n) is 5.59. The Balaban J connectivity index is 2.02. The van der Waals surface area contributed by atoms with E-state index in [0.717, 1.165) is 25.1 Å². The van der Waals surface area contributed by atoms with Crippen molar-refractivity contribution in [1.29, 1.82) is 0 Å². The molecule has 0 saturated carbocycles. The molecule has 0 amide bonds. The van der Waals surface area contributed by atoms with E-state index in [-0.39, 0.29) is 6.54 Å². The van der Waals surface area contributed by atoms with Gasteiger partial charge in [0.25, 0.3) is 0 Å². The van der Waals surface area contributed by atoms with Crippen LogP contribution in [0.25, 0.3) is 0 Å². The number of amidine groups is 1. The highest BCUT2D eigenvalue weighted by molar-refractivity contribution is 5.81. The van der Waals surface area contributed by atoms with Gasteiger partial charge < -0.3 is 10.8 Å². The summed E-state index contributed by atoms with van der Waals surface area (Å²) in [7, 11) is 0. The Labute approximate surface area is 172 Å². The van der Waals surface area contributed by atoms with Gasteiger partial charge in [0.05, 0.1) is 6.20 Å². The van der Waals surface area contributed by atoms with Gasteiger partial charge in [0, 0.05) is 13.0 Å². The number of aliphatic carboxylic acids is 1. The molecule has 160 valence electrons. The fraction of sp³-hybridized carbons (Fsp3) is 0.739. The topological polar surface area (TPSA) is 75.7 Å². The number of aliphatic imine (C=N–C) groups is 1. The monoisotopic (exact) mass is 392 g/mol. The third-order valence-corrected chi connectivity index (χ3v) is 5.59. The van der Waals surface area contributed by atoms with Crippen molar-refractivity contribution in [3.63, 3.8) is 0 Å². The maximum Gasteiger partial charge on any atom is 0.360 e. The Morgan fingerprint density at radius 2 is 1.54 bits per heavy atom. The minimum absolute atomic E-state index is 0.0424. The van der Waals surface area contributed by atoms with Crippen LogP contribution in [0.2, 0.25) is 0 Å². The molecule has 5 heteroatoms. The van der Waals surface area contributed by atoms with Gasteiger partial charge in [-0.15, -0.1) is 6.58 Å². The second-order valence-corrected chi connectivity index (χ2v) is 8.01. The van der Waals surface area contributed by atoms with Crippen LogP contribution < -0.4 is 5.73 Å². The first kappa shape index (κ1) is 24.6. The Hall–Kier alpha value is -1.46. The van der Waals surface area contributed by atoms with Crippen LogP contribution in [-0.2, 0) is 4.79 Å². The Kier molecular flexibility index (Phi) is 13.6. The van der Waals surface area contributed by atoms with E-state index in [4.69, 9.17) is 5.73 Å². The summed E-state index contributed by atoms with van der Waals surface area (Å²) in [6.45, 7) is 4.88. The molecule has 1 rings (SSSR count). The zero-order valence-corrected chi connectivity index (χ0v) is 17.8. The summed E-state index contributed by atoms with van der Waals surface area (Å²) in [5.74, 6) is 0.158. The molecule has 0 fully saturated rings. The van der Waals surface area contributed by atoms with Gasteiger partial charge in [-0.1, -0.05) is 70.3 Å². The van der Waals surface area contributed by atoms with Gasteiger partial charge in [-0.2, -0.15) is 0 Å². The minimum Gasteiger partial charge on any atom is -0.477 e. The largest absolute Gasteiger partial charge is 0.477 e. The molecule has 1 unspecified atom stereocenters. The molecule has 28 heavy (non-hydrogen) atoms. The predicted molar refractivity (Wildman–Crippen MR) is 118 cm³/mol. The zero-order chi connectivity index (χ0) is 20.5. The number of carbonyl (C=O) groups is 1. The van der Waals surface area contributed by atoms with Gasteiger partial charge in [-0.25, -0.2) is 14.3 Å². The quantitative estimate of drug-likeness (QED) is 0.176. The number of hydrogen-bond donors (Lipinski definition) is 2. The SMILES string of the molecule is C=CCCCCCCCCCCCCCCC1=NC=C[N+]1(CCN)CC(=O)O. The molecule has 1 aliphatic heterocycles. The molecule has 0 aromatic heterocycles. The molecule has 0 aliphatic carbocycles. The van der Waals surface area contributed by atoms with Crippen molar-refractivity contribution in [2.75, 3.05) is 19.6 Å². The maximum atomic E-state index is 11.2. The van der Waals surface area contributed by atoms with E-state index in [0.29, 0.717) is 17.6 Å². The highest BCUT2D eigenvalue weighted by Gasteiger charge is 2.36. The number of nitrogens with two attached hydrogens (primary N) is 1. The average Bonchev–Trinajstić information content (AvgIpc) is 3.03. The van der Waals surface area contributed by atoms with Crippen LogP contribution in [0.15, 0.2) is 30.0 Å². The first-order valence-corrected chi connectivity index (χ1v) is 11.3. The summed E-state index contributed by atoms with van der Waals surface area (Å²) in [4.78, 5) is 15.7. The van der Waals surface area contributed by atoms with Crippen molar-refractivity contribution >= 4 is 11.8 Å². The zero-order valence-electron chi connectivity index (χ0n) is 17.8. The van der Waals surface area contributed by atoms with E-state index in [1.807, 2.05) is 12.3 Å². The number of unbranched alkanes of at least 4 members (excludes halogenated alkanes) is 12. The second-order valence-electron chi connectivity index (χ2n) is 8.01. The number of hydrogen-bond acceptors (Lipinski definition) is 3. The molecule has 1 heterocycles. The third kappa shape index (κ3) is 10.2. The van der Waals surface area contributed by atoms with E-state index >= 15 is 0 Å².